The Morgan fingerprint density at radius 2 is 1.83 bits per heavy atom. The predicted molar refractivity (Wildman–Crippen MR) is 72.0 cm³/mol. The third-order valence-electron chi connectivity index (χ3n) is 2.53. The number of rotatable bonds is 8. The Morgan fingerprint density at radius 3 is 2.33 bits per heavy atom. The van der Waals surface area contributed by atoms with Crippen LogP contribution in [0.4, 0.5) is 17.3 Å². The van der Waals surface area contributed by atoms with Crippen molar-refractivity contribution in [3.8, 4) is 0 Å². The molecular formula is C11H21N5O2. The number of aromatic nitrogens is 2. The number of nitrogen functional groups attached to an aromatic ring is 1. The SMILES string of the molecule is CNc1ncnc(N(CCOC)CCOC)c1N. The zero-order chi connectivity index (χ0) is 13.4. The fourth-order valence-electron chi connectivity index (χ4n) is 1.56. The van der Waals surface area contributed by atoms with Crippen molar-refractivity contribution in [3.05, 3.63) is 6.33 Å². The maximum Gasteiger partial charge on any atom is 0.157 e. The molecule has 3 N–H and O–H groups in total. The molecule has 0 aromatic carbocycles. The molecule has 0 bridgehead atoms. The number of hydrogen-bond donors (Lipinski definition) is 2. The molecule has 7 nitrogen and oxygen atoms in total. The standard InChI is InChI=1S/C11H21N5O2/c1-13-10-9(12)11(15-8-14-10)16(4-6-17-2)5-7-18-3/h8H,4-7,12H2,1-3H3,(H,13,14,15). The van der Waals surface area contributed by atoms with E-state index in [2.05, 4.69) is 15.3 Å². The first-order valence-corrected chi connectivity index (χ1v) is 5.75. The van der Waals surface area contributed by atoms with E-state index in [0.717, 1.165) is 0 Å². The lowest BCUT2D eigenvalue weighted by Crippen LogP contribution is -2.32. The summed E-state index contributed by atoms with van der Waals surface area (Å²) in [6.07, 6.45) is 1.49. The largest absolute Gasteiger partial charge is 0.393 e. The Bertz CT molecular complexity index is 353. The lowest BCUT2D eigenvalue weighted by atomic mass is 10.3. The van der Waals surface area contributed by atoms with Crippen LogP contribution >= 0.6 is 0 Å². The van der Waals surface area contributed by atoms with Crippen LogP contribution in [0.2, 0.25) is 0 Å². The van der Waals surface area contributed by atoms with Gasteiger partial charge in [0.05, 0.1) is 13.2 Å². The van der Waals surface area contributed by atoms with Crippen LogP contribution in [0.25, 0.3) is 0 Å². The molecule has 1 heterocycles. The molecule has 0 radical (unpaired) electrons. The Balaban J connectivity index is 2.88. The Hall–Kier alpha value is -1.60. The minimum absolute atomic E-state index is 0.534. The second kappa shape index (κ2) is 7.67. The van der Waals surface area contributed by atoms with Crippen molar-refractivity contribution < 1.29 is 9.47 Å². The van der Waals surface area contributed by atoms with Crippen molar-refractivity contribution in [1.82, 2.24) is 9.97 Å². The average molecular weight is 255 g/mol. The summed E-state index contributed by atoms with van der Waals surface area (Å²) >= 11 is 0. The first-order chi connectivity index (χ1) is 8.74. The summed E-state index contributed by atoms with van der Waals surface area (Å²) in [7, 11) is 5.10. The number of methoxy groups -OCH3 is 2. The summed E-state index contributed by atoms with van der Waals surface area (Å²) < 4.78 is 10.2. The molecule has 1 rings (SSSR count). The highest BCUT2D eigenvalue weighted by atomic mass is 16.5. The highest BCUT2D eigenvalue weighted by molar-refractivity contribution is 5.74. The molecular weight excluding hydrogens is 234 g/mol. The van der Waals surface area contributed by atoms with Gasteiger partial charge in [0.2, 0.25) is 0 Å². The van der Waals surface area contributed by atoms with Gasteiger partial charge in [-0.05, 0) is 0 Å². The zero-order valence-electron chi connectivity index (χ0n) is 11.1. The first-order valence-electron chi connectivity index (χ1n) is 5.75. The normalized spacial score (nSPS) is 10.4. The smallest absolute Gasteiger partial charge is 0.157 e. The van der Waals surface area contributed by atoms with E-state index < -0.39 is 0 Å². The van der Waals surface area contributed by atoms with Gasteiger partial charge in [0.1, 0.15) is 12.0 Å². The van der Waals surface area contributed by atoms with Crippen molar-refractivity contribution in [2.24, 2.45) is 0 Å². The van der Waals surface area contributed by atoms with Crippen LogP contribution in [-0.2, 0) is 9.47 Å². The molecule has 18 heavy (non-hydrogen) atoms. The minimum Gasteiger partial charge on any atom is -0.393 e. The number of nitrogens with two attached hydrogens (primary N) is 1. The number of ether oxygens (including phenoxy) is 2. The van der Waals surface area contributed by atoms with Crippen LogP contribution in [0.15, 0.2) is 6.33 Å². The second-order valence-corrected chi connectivity index (χ2v) is 3.68. The van der Waals surface area contributed by atoms with Gasteiger partial charge in [-0.1, -0.05) is 0 Å². The third kappa shape index (κ3) is 3.71. The van der Waals surface area contributed by atoms with E-state index in [1.165, 1.54) is 6.33 Å². The van der Waals surface area contributed by atoms with E-state index in [9.17, 15) is 0 Å². The molecule has 1 aromatic heterocycles. The summed E-state index contributed by atoms with van der Waals surface area (Å²) in [5, 5.41) is 2.94. The van der Waals surface area contributed by atoms with Crippen LogP contribution in [0.1, 0.15) is 0 Å². The molecule has 0 amide bonds. The molecule has 0 saturated heterocycles. The van der Waals surface area contributed by atoms with Crippen molar-refractivity contribution in [2.75, 3.05) is 63.5 Å². The lowest BCUT2D eigenvalue weighted by molar-refractivity contribution is 0.190. The second-order valence-electron chi connectivity index (χ2n) is 3.68. The van der Waals surface area contributed by atoms with Crippen molar-refractivity contribution in [2.45, 2.75) is 0 Å². The van der Waals surface area contributed by atoms with Crippen LogP contribution < -0.4 is 16.0 Å². The minimum atomic E-state index is 0.534. The van der Waals surface area contributed by atoms with E-state index in [0.29, 0.717) is 43.6 Å². The Kier molecular flexibility index (Phi) is 6.16. The third-order valence-corrected chi connectivity index (χ3v) is 2.53. The maximum atomic E-state index is 6.03. The monoisotopic (exact) mass is 255 g/mol. The molecule has 0 aliphatic carbocycles. The van der Waals surface area contributed by atoms with E-state index in [1.807, 2.05) is 4.90 Å². The molecule has 102 valence electrons. The first kappa shape index (κ1) is 14.5. The topological polar surface area (TPSA) is 85.5 Å². The van der Waals surface area contributed by atoms with Crippen LogP contribution in [-0.4, -0.2) is 57.5 Å². The van der Waals surface area contributed by atoms with E-state index in [-0.39, 0.29) is 0 Å². The van der Waals surface area contributed by atoms with Crippen LogP contribution in [0, 0.1) is 0 Å². The maximum absolute atomic E-state index is 6.03. The van der Waals surface area contributed by atoms with Gasteiger partial charge in [-0.2, -0.15) is 0 Å². The molecule has 7 heteroatoms. The molecule has 0 atom stereocenters. The fraction of sp³-hybridized carbons (Fsp3) is 0.636. The summed E-state index contributed by atoms with van der Waals surface area (Å²) in [4.78, 5) is 10.3. The fourth-order valence-corrected chi connectivity index (χ4v) is 1.56. The zero-order valence-corrected chi connectivity index (χ0v) is 11.1. The summed E-state index contributed by atoms with van der Waals surface area (Å²) in [6.45, 7) is 2.60. The lowest BCUT2D eigenvalue weighted by Gasteiger charge is -2.24. The predicted octanol–water partition coefficient (Wildman–Crippen LogP) is 0.200. The molecule has 0 aliphatic rings. The summed E-state index contributed by atoms with van der Waals surface area (Å²) in [5.74, 6) is 1.32. The van der Waals surface area contributed by atoms with Gasteiger partial charge in [0.15, 0.2) is 11.6 Å². The number of hydrogen-bond acceptors (Lipinski definition) is 7. The van der Waals surface area contributed by atoms with Gasteiger partial charge in [0, 0.05) is 34.4 Å². The van der Waals surface area contributed by atoms with E-state index in [1.54, 1.807) is 21.3 Å². The molecule has 0 unspecified atom stereocenters. The average Bonchev–Trinajstić information content (AvgIpc) is 2.40. The van der Waals surface area contributed by atoms with Crippen molar-refractivity contribution >= 4 is 17.3 Å². The Labute approximate surface area is 107 Å². The molecule has 0 aliphatic heterocycles. The Morgan fingerprint density at radius 1 is 1.22 bits per heavy atom. The number of nitrogens with zero attached hydrogens (tertiary/aromatic N) is 3. The number of anilines is 3. The molecule has 1 aromatic rings. The summed E-state index contributed by atoms with van der Waals surface area (Å²) in [6, 6.07) is 0. The van der Waals surface area contributed by atoms with Gasteiger partial charge in [-0.25, -0.2) is 9.97 Å². The van der Waals surface area contributed by atoms with Gasteiger partial charge in [0.25, 0.3) is 0 Å². The van der Waals surface area contributed by atoms with Crippen molar-refractivity contribution in [1.29, 1.82) is 0 Å². The quantitative estimate of drug-likeness (QED) is 0.686. The molecule has 0 saturated carbocycles. The van der Waals surface area contributed by atoms with Gasteiger partial charge in [-0.15, -0.1) is 0 Å². The molecule has 0 fully saturated rings. The van der Waals surface area contributed by atoms with Gasteiger partial charge >= 0.3 is 0 Å². The van der Waals surface area contributed by atoms with Gasteiger partial charge in [-0.3, -0.25) is 0 Å². The van der Waals surface area contributed by atoms with E-state index >= 15 is 0 Å². The molecule has 0 spiro atoms. The summed E-state index contributed by atoms with van der Waals surface area (Å²) in [5.41, 5.74) is 6.56. The van der Waals surface area contributed by atoms with Crippen LogP contribution in [0.5, 0.6) is 0 Å². The van der Waals surface area contributed by atoms with E-state index in [4.69, 9.17) is 15.2 Å². The van der Waals surface area contributed by atoms with Crippen LogP contribution in [0.3, 0.4) is 0 Å². The number of nitrogens with one attached hydrogen (secondary N) is 1. The van der Waals surface area contributed by atoms with Crippen molar-refractivity contribution in [3.63, 3.8) is 0 Å². The highest BCUT2D eigenvalue weighted by Crippen LogP contribution is 2.25. The highest BCUT2D eigenvalue weighted by Gasteiger charge is 2.14. The van der Waals surface area contributed by atoms with Gasteiger partial charge < -0.3 is 25.4 Å².